The topological polar surface area (TPSA) is 115 Å². The number of benzene rings is 2. The highest BCUT2D eigenvalue weighted by Crippen LogP contribution is 2.30. The molecule has 2 aromatic carbocycles. The summed E-state index contributed by atoms with van der Waals surface area (Å²) in [4.78, 5) is 15.4. The Labute approximate surface area is 173 Å². The molecule has 1 aromatic heterocycles. The van der Waals surface area contributed by atoms with Crippen LogP contribution >= 0.6 is 0 Å². The van der Waals surface area contributed by atoms with Gasteiger partial charge in [-0.25, -0.2) is 8.42 Å². The molecule has 0 amide bonds. The Bertz CT molecular complexity index is 1190. The molecule has 4 rings (SSSR count). The standard InChI is InChI=1S/C20H20N4O5S/c25-24(26)18-8-7-17(20-16(18)5-3-9-21-20)22-14-15-4-1-2-6-19(15)30(27,28)23-10-12-29-13-11-23/h1-9,22H,10-14H2. The number of anilines is 1. The molecule has 0 atom stereocenters. The van der Waals surface area contributed by atoms with Crippen LogP contribution in [-0.4, -0.2) is 48.9 Å². The lowest BCUT2D eigenvalue weighted by Gasteiger charge is -2.27. The van der Waals surface area contributed by atoms with Crippen LogP contribution in [0.3, 0.4) is 0 Å². The van der Waals surface area contributed by atoms with E-state index in [1.807, 2.05) is 0 Å². The fourth-order valence-electron chi connectivity index (χ4n) is 3.48. The number of morpholine rings is 1. The van der Waals surface area contributed by atoms with Gasteiger partial charge in [-0.2, -0.15) is 4.31 Å². The molecule has 1 aliphatic heterocycles. The number of aromatic nitrogens is 1. The van der Waals surface area contributed by atoms with Crippen molar-refractivity contribution >= 4 is 32.3 Å². The number of nitrogens with one attached hydrogen (secondary N) is 1. The van der Waals surface area contributed by atoms with Crippen molar-refractivity contribution in [3.63, 3.8) is 0 Å². The molecule has 0 spiro atoms. The molecular formula is C20H20N4O5S. The van der Waals surface area contributed by atoms with Gasteiger partial charge in [0.25, 0.3) is 5.69 Å². The van der Waals surface area contributed by atoms with Gasteiger partial charge < -0.3 is 10.1 Å². The number of ether oxygens (including phenoxy) is 1. The molecule has 9 nitrogen and oxygen atoms in total. The third-order valence-corrected chi connectivity index (χ3v) is 6.97. The van der Waals surface area contributed by atoms with Crippen LogP contribution in [0.15, 0.2) is 59.6 Å². The van der Waals surface area contributed by atoms with Gasteiger partial charge in [0.2, 0.25) is 10.0 Å². The number of rotatable bonds is 6. The van der Waals surface area contributed by atoms with E-state index in [0.717, 1.165) is 0 Å². The summed E-state index contributed by atoms with van der Waals surface area (Å²) in [6, 6.07) is 13.1. The van der Waals surface area contributed by atoms with Crippen molar-refractivity contribution in [1.82, 2.24) is 9.29 Å². The van der Waals surface area contributed by atoms with Crippen molar-refractivity contribution < 1.29 is 18.1 Å². The Morgan fingerprint density at radius 1 is 1.10 bits per heavy atom. The molecule has 0 bridgehead atoms. The first kappa shape index (κ1) is 20.2. The van der Waals surface area contributed by atoms with Crippen LogP contribution in [0.4, 0.5) is 11.4 Å². The number of nitro benzene ring substituents is 1. The number of pyridine rings is 1. The highest BCUT2D eigenvalue weighted by atomic mass is 32.2. The summed E-state index contributed by atoms with van der Waals surface area (Å²) >= 11 is 0. The number of sulfonamides is 1. The van der Waals surface area contributed by atoms with E-state index in [-0.39, 0.29) is 17.1 Å². The van der Waals surface area contributed by atoms with Gasteiger partial charge in [-0.05, 0) is 29.8 Å². The number of non-ortho nitro benzene ring substituents is 1. The van der Waals surface area contributed by atoms with Crippen molar-refractivity contribution in [3.05, 3.63) is 70.4 Å². The number of hydrogen-bond donors (Lipinski definition) is 1. The van der Waals surface area contributed by atoms with Gasteiger partial charge >= 0.3 is 0 Å². The molecular weight excluding hydrogens is 408 g/mol. The van der Waals surface area contributed by atoms with E-state index in [0.29, 0.717) is 48.5 Å². The Balaban J connectivity index is 1.64. The highest BCUT2D eigenvalue weighted by Gasteiger charge is 2.28. The molecule has 156 valence electrons. The summed E-state index contributed by atoms with van der Waals surface area (Å²) in [6.07, 6.45) is 1.56. The van der Waals surface area contributed by atoms with Crippen molar-refractivity contribution in [2.75, 3.05) is 31.6 Å². The number of nitro groups is 1. The molecule has 0 radical (unpaired) electrons. The fraction of sp³-hybridized carbons (Fsp3) is 0.250. The van der Waals surface area contributed by atoms with Crippen molar-refractivity contribution in [2.24, 2.45) is 0 Å². The second-order valence-electron chi connectivity index (χ2n) is 6.77. The number of fused-ring (bicyclic) bond motifs is 1. The summed E-state index contributed by atoms with van der Waals surface area (Å²) in [6.45, 7) is 1.62. The van der Waals surface area contributed by atoms with Gasteiger partial charge in [0.1, 0.15) is 5.52 Å². The van der Waals surface area contributed by atoms with E-state index in [1.54, 1.807) is 48.7 Å². The molecule has 0 unspecified atom stereocenters. The molecule has 3 aromatic rings. The van der Waals surface area contributed by atoms with Crippen LogP contribution in [0.5, 0.6) is 0 Å². The van der Waals surface area contributed by atoms with E-state index in [2.05, 4.69) is 10.3 Å². The molecule has 1 N–H and O–H groups in total. The zero-order valence-corrected chi connectivity index (χ0v) is 16.8. The molecule has 10 heteroatoms. The quantitative estimate of drug-likeness (QED) is 0.474. The Morgan fingerprint density at radius 2 is 1.87 bits per heavy atom. The average molecular weight is 428 g/mol. The van der Waals surface area contributed by atoms with Crippen molar-refractivity contribution in [1.29, 1.82) is 0 Å². The third kappa shape index (κ3) is 3.84. The SMILES string of the molecule is O=[N+]([O-])c1ccc(NCc2ccccc2S(=O)(=O)N2CCOCC2)c2ncccc12. The van der Waals surface area contributed by atoms with Gasteiger partial charge in [0, 0.05) is 31.9 Å². The minimum absolute atomic E-state index is 0.0288. The van der Waals surface area contributed by atoms with Gasteiger partial charge in [0.15, 0.2) is 0 Å². The fourth-order valence-corrected chi connectivity index (χ4v) is 5.11. The minimum Gasteiger partial charge on any atom is -0.379 e. The van der Waals surface area contributed by atoms with Crippen LogP contribution in [0.2, 0.25) is 0 Å². The number of hydrogen-bond acceptors (Lipinski definition) is 7. The number of nitrogens with zero attached hydrogens (tertiary/aromatic N) is 3. The third-order valence-electron chi connectivity index (χ3n) is 4.97. The second-order valence-corrected chi connectivity index (χ2v) is 8.67. The first-order valence-corrected chi connectivity index (χ1v) is 10.8. The second kappa shape index (κ2) is 8.34. The maximum absolute atomic E-state index is 13.1. The molecule has 1 saturated heterocycles. The molecule has 30 heavy (non-hydrogen) atoms. The lowest BCUT2D eigenvalue weighted by atomic mass is 10.1. The zero-order chi connectivity index (χ0) is 21.1. The lowest BCUT2D eigenvalue weighted by Crippen LogP contribution is -2.41. The zero-order valence-electron chi connectivity index (χ0n) is 16.0. The molecule has 1 aliphatic rings. The van der Waals surface area contributed by atoms with E-state index in [1.165, 1.54) is 10.4 Å². The maximum Gasteiger partial charge on any atom is 0.278 e. The normalized spacial score (nSPS) is 15.2. The van der Waals surface area contributed by atoms with Crippen molar-refractivity contribution in [2.45, 2.75) is 11.4 Å². The van der Waals surface area contributed by atoms with E-state index in [9.17, 15) is 18.5 Å². The van der Waals surface area contributed by atoms with Crippen molar-refractivity contribution in [3.8, 4) is 0 Å². The smallest absolute Gasteiger partial charge is 0.278 e. The average Bonchev–Trinajstić information content (AvgIpc) is 2.78. The van der Waals surface area contributed by atoms with E-state index < -0.39 is 14.9 Å². The van der Waals surface area contributed by atoms with Crippen LogP contribution < -0.4 is 5.32 Å². The molecule has 0 saturated carbocycles. The Kier molecular flexibility index (Phi) is 5.62. The van der Waals surface area contributed by atoms with Crippen LogP contribution in [0.25, 0.3) is 10.9 Å². The van der Waals surface area contributed by atoms with E-state index >= 15 is 0 Å². The predicted molar refractivity (Wildman–Crippen MR) is 112 cm³/mol. The summed E-state index contributed by atoms with van der Waals surface area (Å²) in [7, 11) is -3.65. The summed E-state index contributed by atoms with van der Waals surface area (Å²) in [5.41, 5.74) is 1.63. The highest BCUT2D eigenvalue weighted by molar-refractivity contribution is 7.89. The van der Waals surface area contributed by atoms with Gasteiger partial charge in [-0.15, -0.1) is 0 Å². The minimum atomic E-state index is -3.65. The lowest BCUT2D eigenvalue weighted by molar-refractivity contribution is -0.383. The predicted octanol–water partition coefficient (Wildman–Crippen LogP) is 2.78. The molecule has 1 fully saturated rings. The van der Waals surface area contributed by atoms with Crippen LogP contribution in [-0.2, 0) is 21.3 Å². The largest absolute Gasteiger partial charge is 0.379 e. The monoisotopic (exact) mass is 428 g/mol. The van der Waals surface area contributed by atoms with Gasteiger partial charge in [-0.1, -0.05) is 18.2 Å². The summed E-state index contributed by atoms with van der Waals surface area (Å²) in [5, 5.41) is 14.9. The first-order chi connectivity index (χ1) is 14.5. The van der Waals surface area contributed by atoms with Crippen LogP contribution in [0.1, 0.15) is 5.56 Å². The van der Waals surface area contributed by atoms with Gasteiger partial charge in [-0.3, -0.25) is 15.1 Å². The van der Waals surface area contributed by atoms with E-state index in [4.69, 9.17) is 4.74 Å². The van der Waals surface area contributed by atoms with Gasteiger partial charge in [0.05, 0.1) is 34.1 Å². The maximum atomic E-state index is 13.1. The van der Waals surface area contributed by atoms with Crippen LogP contribution in [0, 0.1) is 10.1 Å². The molecule has 0 aliphatic carbocycles. The summed E-state index contributed by atoms with van der Waals surface area (Å²) < 4.78 is 32.9. The first-order valence-electron chi connectivity index (χ1n) is 9.40. The molecule has 2 heterocycles. The Morgan fingerprint density at radius 3 is 2.63 bits per heavy atom. The summed E-state index contributed by atoms with van der Waals surface area (Å²) in [5.74, 6) is 0. The Hall–Kier alpha value is -3.08.